The molecule has 0 saturated carbocycles. The Kier molecular flexibility index (Phi) is 2.37. The zero-order chi connectivity index (χ0) is 10.1. The van der Waals surface area contributed by atoms with Gasteiger partial charge in [0.05, 0.1) is 12.5 Å². The summed E-state index contributed by atoms with van der Waals surface area (Å²) in [5.74, 6) is -0.0190. The molecule has 0 amide bonds. The minimum atomic E-state index is -0.326. The molecule has 0 radical (unpaired) electrons. The van der Waals surface area contributed by atoms with Gasteiger partial charge in [0.1, 0.15) is 5.82 Å². The van der Waals surface area contributed by atoms with Crippen molar-refractivity contribution < 1.29 is 9.13 Å². The van der Waals surface area contributed by atoms with Crippen LogP contribution in [0.25, 0.3) is 10.8 Å². The van der Waals surface area contributed by atoms with E-state index < -0.39 is 0 Å². The number of methoxy groups -OCH3 is 1. The quantitative estimate of drug-likeness (QED) is 0.781. The Morgan fingerprint density at radius 3 is 2.86 bits per heavy atom. The fourth-order valence-corrected chi connectivity index (χ4v) is 1.81. The van der Waals surface area contributed by atoms with Gasteiger partial charge in [-0.05, 0) is 18.2 Å². The largest absolute Gasteiger partial charge is 0.480 e. The van der Waals surface area contributed by atoms with Gasteiger partial charge in [0.15, 0.2) is 0 Å². The van der Waals surface area contributed by atoms with Crippen LogP contribution >= 0.6 is 15.9 Å². The lowest BCUT2D eigenvalue weighted by molar-refractivity contribution is 0.401. The van der Waals surface area contributed by atoms with Crippen LogP contribution in [-0.2, 0) is 0 Å². The molecule has 1 aromatic carbocycles. The third-order valence-corrected chi connectivity index (χ3v) is 2.67. The predicted molar refractivity (Wildman–Crippen MR) is 56.0 cm³/mol. The van der Waals surface area contributed by atoms with E-state index in [9.17, 15) is 4.39 Å². The average molecular weight is 256 g/mol. The Morgan fingerprint density at radius 2 is 2.14 bits per heavy atom. The lowest BCUT2D eigenvalue weighted by atomic mass is 10.1. The van der Waals surface area contributed by atoms with Crippen LogP contribution in [0.3, 0.4) is 0 Å². The SMILES string of the molecule is COc1nccc2c(Br)ccc(F)c12. The second-order valence-corrected chi connectivity index (χ2v) is 3.63. The number of benzene rings is 1. The highest BCUT2D eigenvalue weighted by Crippen LogP contribution is 2.30. The highest BCUT2D eigenvalue weighted by molar-refractivity contribution is 9.10. The second-order valence-electron chi connectivity index (χ2n) is 2.77. The van der Waals surface area contributed by atoms with Crippen molar-refractivity contribution in [2.45, 2.75) is 0 Å². The number of rotatable bonds is 1. The van der Waals surface area contributed by atoms with E-state index in [1.54, 1.807) is 18.3 Å². The normalized spacial score (nSPS) is 10.5. The van der Waals surface area contributed by atoms with Crippen molar-refractivity contribution in [3.05, 3.63) is 34.7 Å². The molecule has 0 unspecified atom stereocenters. The summed E-state index contributed by atoms with van der Waals surface area (Å²) < 4.78 is 19.3. The number of hydrogen-bond donors (Lipinski definition) is 0. The molecule has 4 heteroatoms. The summed E-state index contributed by atoms with van der Waals surface area (Å²) >= 11 is 3.34. The van der Waals surface area contributed by atoms with E-state index in [1.807, 2.05) is 0 Å². The van der Waals surface area contributed by atoms with E-state index >= 15 is 0 Å². The number of nitrogens with zero attached hydrogens (tertiary/aromatic N) is 1. The number of pyridine rings is 1. The number of aromatic nitrogens is 1. The Bertz CT molecular complexity index is 487. The highest BCUT2D eigenvalue weighted by atomic mass is 79.9. The average Bonchev–Trinajstić information content (AvgIpc) is 2.23. The van der Waals surface area contributed by atoms with Crippen LogP contribution < -0.4 is 4.74 Å². The van der Waals surface area contributed by atoms with Gasteiger partial charge in [-0.15, -0.1) is 0 Å². The molecule has 14 heavy (non-hydrogen) atoms. The maximum atomic E-state index is 13.5. The molecule has 2 rings (SSSR count). The second kappa shape index (κ2) is 3.53. The van der Waals surface area contributed by atoms with Crippen molar-refractivity contribution in [1.29, 1.82) is 0 Å². The third kappa shape index (κ3) is 1.35. The van der Waals surface area contributed by atoms with Gasteiger partial charge in [-0.25, -0.2) is 9.37 Å². The number of fused-ring (bicyclic) bond motifs is 1. The summed E-state index contributed by atoms with van der Waals surface area (Å²) in [5, 5.41) is 1.17. The van der Waals surface area contributed by atoms with Crippen molar-refractivity contribution in [2.75, 3.05) is 7.11 Å². The van der Waals surface area contributed by atoms with E-state index in [-0.39, 0.29) is 5.82 Å². The zero-order valence-corrected chi connectivity index (χ0v) is 9.01. The molecule has 0 aliphatic rings. The maximum Gasteiger partial charge on any atom is 0.224 e. The lowest BCUT2D eigenvalue weighted by Gasteiger charge is -2.05. The standard InChI is InChI=1S/C10H7BrFNO/c1-14-10-9-6(4-5-13-10)7(11)2-3-8(9)12/h2-5H,1H3. The Hall–Kier alpha value is -1.16. The van der Waals surface area contributed by atoms with E-state index in [0.717, 1.165) is 9.86 Å². The summed E-state index contributed by atoms with van der Waals surface area (Å²) in [5.41, 5.74) is 0. The molecule has 2 nitrogen and oxygen atoms in total. The maximum absolute atomic E-state index is 13.5. The van der Waals surface area contributed by atoms with Crippen molar-refractivity contribution in [3.63, 3.8) is 0 Å². The molecule has 0 bridgehead atoms. The smallest absolute Gasteiger partial charge is 0.224 e. The first-order valence-electron chi connectivity index (χ1n) is 4.00. The van der Waals surface area contributed by atoms with Crippen molar-refractivity contribution in [2.24, 2.45) is 0 Å². The van der Waals surface area contributed by atoms with Crippen molar-refractivity contribution >= 4 is 26.7 Å². The summed E-state index contributed by atoms with van der Waals surface area (Å²) in [6.07, 6.45) is 1.59. The van der Waals surface area contributed by atoms with Gasteiger partial charge in [-0.2, -0.15) is 0 Å². The molecule has 0 aliphatic heterocycles. The first kappa shape index (κ1) is 9.40. The number of ether oxygens (including phenoxy) is 1. The number of hydrogen-bond acceptors (Lipinski definition) is 2. The van der Waals surface area contributed by atoms with Crippen LogP contribution in [0.4, 0.5) is 4.39 Å². The number of halogens is 2. The molecule has 0 spiro atoms. The van der Waals surface area contributed by atoms with Gasteiger partial charge < -0.3 is 4.74 Å². The van der Waals surface area contributed by atoms with E-state index in [4.69, 9.17) is 4.74 Å². The Balaban J connectivity index is 2.92. The Morgan fingerprint density at radius 1 is 1.36 bits per heavy atom. The van der Waals surface area contributed by atoms with Crippen LogP contribution in [-0.4, -0.2) is 12.1 Å². The summed E-state index contributed by atoms with van der Waals surface area (Å²) in [6.45, 7) is 0. The van der Waals surface area contributed by atoms with Crippen molar-refractivity contribution in [1.82, 2.24) is 4.98 Å². The monoisotopic (exact) mass is 255 g/mol. The van der Waals surface area contributed by atoms with Crippen LogP contribution in [0, 0.1) is 5.82 Å². The fourth-order valence-electron chi connectivity index (χ4n) is 1.35. The first-order valence-corrected chi connectivity index (χ1v) is 4.80. The first-order chi connectivity index (χ1) is 6.74. The van der Waals surface area contributed by atoms with Gasteiger partial charge in [0, 0.05) is 16.1 Å². The summed E-state index contributed by atoms with van der Waals surface area (Å²) in [6, 6.07) is 4.79. The lowest BCUT2D eigenvalue weighted by Crippen LogP contribution is -1.91. The molecule has 0 N–H and O–H groups in total. The minimum Gasteiger partial charge on any atom is -0.480 e. The Labute approximate surface area is 88.8 Å². The summed E-state index contributed by atoms with van der Waals surface area (Å²) in [4.78, 5) is 3.94. The van der Waals surface area contributed by atoms with E-state index in [2.05, 4.69) is 20.9 Å². The topological polar surface area (TPSA) is 22.1 Å². The fraction of sp³-hybridized carbons (Fsp3) is 0.100. The molecule has 0 atom stereocenters. The third-order valence-electron chi connectivity index (χ3n) is 1.98. The minimum absolute atomic E-state index is 0.307. The zero-order valence-electron chi connectivity index (χ0n) is 7.42. The van der Waals surface area contributed by atoms with E-state index in [0.29, 0.717) is 11.3 Å². The van der Waals surface area contributed by atoms with Gasteiger partial charge >= 0.3 is 0 Å². The van der Waals surface area contributed by atoms with Gasteiger partial charge in [-0.1, -0.05) is 15.9 Å². The molecule has 2 aromatic rings. The van der Waals surface area contributed by atoms with Crippen LogP contribution in [0.1, 0.15) is 0 Å². The van der Waals surface area contributed by atoms with Gasteiger partial charge in [-0.3, -0.25) is 0 Å². The molecule has 0 saturated heterocycles. The molecule has 1 heterocycles. The van der Waals surface area contributed by atoms with Crippen LogP contribution in [0.5, 0.6) is 5.88 Å². The van der Waals surface area contributed by atoms with Gasteiger partial charge in [0.25, 0.3) is 0 Å². The molecule has 0 aliphatic carbocycles. The molecule has 1 aromatic heterocycles. The van der Waals surface area contributed by atoms with E-state index in [1.165, 1.54) is 13.2 Å². The predicted octanol–water partition coefficient (Wildman–Crippen LogP) is 3.15. The molecule has 72 valence electrons. The summed E-state index contributed by atoms with van der Waals surface area (Å²) in [7, 11) is 1.47. The van der Waals surface area contributed by atoms with Crippen LogP contribution in [0.2, 0.25) is 0 Å². The molecule has 0 fully saturated rings. The van der Waals surface area contributed by atoms with Crippen molar-refractivity contribution in [3.8, 4) is 5.88 Å². The van der Waals surface area contributed by atoms with Gasteiger partial charge in [0.2, 0.25) is 5.88 Å². The molecular weight excluding hydrogens is 249 g/mol. The molecular formula is C10H7BrFNO. The highest BCUT2D eigenvalue weighted by Gasteiger charge is 2.09. The van der Waals surface area contributed by atoms with Crippen LogP contribution in [0.15, 0.2) is 28.9 Å².